The number of nitrogens with zero attached hydrogens (tertiary/aromatic N) is 2. The van der Waals surface area contributed by atoms with E-state index in [4.69, 9.17) is 5.11 Å². The van der Waals surface area contributed by atoms with E-state index < -0.39 is 16.0 Å². The Morgan fingerprint density at radius 2 is 2.32 bits per heavy atom. The second-order valence-corrected chi connectivity index (χ2v) is 5.52. The first-order chi connectivity index (χ1) is 8.99. The van der Waals surface area contributed by atoms with Crippen molar-refractivity contribution in [3.8, 4) is 0 Å². The van der Waals surface area contributed by atoms with Gasteiger partial charge in [-0.25, -0.2) is 22.9 Å². The zero-order valence-corrected chi connectivity index (χ0v) is 10.6. The highest BCUT2D eigenvalue weighted by atomic mass is 32.2. The van der Waals surface area contributed by atoms with Gasteiger partial charge >= 0.3 is 5.97 Å². The fourth-order valence-electron chi connectivity index (χ4n) is 1.46. The van der Waals surface area contributed by atoms with Crippen LogP contribution in [0.15, 0.2) is 35.9 Å². The third-order valence-electron chi connectivity index (χ3n) is 2.42. The molecule has 0 aliphatic carbocycles. The summed E-state index contributed by atoms with van der Waals surface area (Å²) in [5.41, 5.74) is -0.171. The molecule has 0 aliphatic rings. The van der Waals surface area contributed by atoms with Crippen molar-refractivity contribution in [1.29, 1.82) is 0 Å². The van der Waals surface area contributed by atoms with Crippen molar-refractivity contribution in [3.63, 3.8) is 0 Å². The molecule has 0 saturated carbocycles. The van der Waals surface area contributed by atoms with Crippen LogP contribution in [0.3, 0.4) is 0 Å². The summed E-state index contributed by atoms with van der Waals surface area (Å²) in [7, 11) is -3.70. The molecular weight excluding hydrogens is 272 g/mol. The largest absolute Gasteiger partial charge is 0.477 e. The summed E-state index contributed by atoms with van der Waals surface area (Å²) in [6.45, 7) is 0.627. The fraction of sp³-hybridized carbons (Fsp3) is 0.200. The fourth-order valence-corrected chi connectivity index (χ4v) is 2.48. The quantitative estimate of drug-likeness (QED) is 0.684. The molecule has 2 heterocycles. The summed E-state index contributed by atoms with van der Waals surface area (Å²) in [5, 5.41) is 8.71. The van der Waals surface area contributed by atoms with E-state index in [1.165, 1.54) is 0 Å². The minimum atomic E-state index is -3.70. The molecule has 0 aromatic carbocycles. The maximum absolute atomic E-state index is 11.8. The normalized spacial score (nSPS) is 11.6. The molecule has 0 fully saturated rings. The lowest BCUT2D eigenvalue weighted by Gasteiger charge is -2.05. The van der Waals surface area contributed by atoms with Gasteiger partial charge in [-0.15, -0.1) is 0 Å². The average Bonchev–Trinajstić information content (AvgIpc) is 2.99. The van der Waals surface area contributed by atoms with Gasteiger partial charge < -0.3 is 14.7 Å². The molecule has 0 unspecified atom stereocenters. The van der Waals surface area contributed by atoms with Gasteiger partial charge in [0.25, 0.3) is 0 Å². The highest BCUT2D eigenvalue weighted by Gasteiger charge is 2.17. The molecule has 0 radical (unpaired) electrons. The van der Waals surface area contributed by atoms with Crippen molar-refractivity contribution in [3.05, 3.63) is 36.7 Å². The molecule has 9 heteroatoms. The lowest BCUT2D eigenvalue weighted by Crippen LogP contribution is -2.26. The Morgan fingerprint density at radius 3 is 2.89 bits per heavy atom. The van der Waals surface area contributed by atoms with Gasteiger partial charge in [-0.3, -0.25) is 0 Å². The highest BCUT2D eigenvalue weighted by Crippen LogP contribution is 2.10. The zero-order chi connectivity index (χ0) is 13.9. The molecule has 102 valence electrons. The van der Waals surface area contributed by atoms with Crippen LogP contribution in [0.1, 0.15) is 10.5 Å². The van der Waals surface area contributed by atoms with E-state index in [1.807, 2.05) is 0 Å². The van der Waals surface area contributed by atoms with E-state index in [2.05, 4.69) is 14.7 Å². The van der Waals surface area contributed by atoms with Gasteiger partial charge in [0, 0.05) is 31.7 Å². The SMILES string of the molecule is O=C(O)c1cc(S(=O)(=O)NCCn2ccnc2)c[nH]1. The minimum Gasteiger partial charge on any atom is -0.477 e. The summed E-state index contributed by atoms with van der Waals surface area (Å²) in [5.74, 6) is -1.21. The monoisotopic (exact) mass is 284 g/mol. The number of carbonyl (C=O) groups is 1. The number of carboxylic acid groups (broad SMARTS) is 1. The molecule has 19 heavy (non-hydrogen) atoms. The molecule has 0 amide bonds. The van der Waals surface area contributed by atoms with Gasteiger partial charge in [0.2, 0.25) is 10.0 Å². The first kappa shape index (κ1) is 13.3. The molecular formula is C10H12N4O4S. The Kier molecular flexibility index (Phi) is 3.67. The maximum Gasteiger partial charge on any atom is 0.352 e. The average molecular weight is 284 g/mol. The third-order valence-corrected chi connectivity index (χ3v) is 3.86. The molecule has 2 aromatic rings. The number of nitrogens with one attached hydrogen (secondary N) is 2. The van der Waals surface area contributed by atoms with Crippen LogP contribution in [0.5, 0.6) is 0 Å². The Morgan fingerprint density at radius 1 is 1.53 bits per heavy atom. The number of rotatable bonds is 6. The van der Waals surface area contributed by atoms with Gasteiger partial charge in [0.1, 0.15) is 10.6 Å². The Hall–Kier alpha value is -2.13. The Balaban J connectivity index is 1.99. The van der Waals surface area contributed by atoms with Gasteiger partial charge in [-0.1, -0.05) is 0 Å². The minimum absolute atomic E-state index is 0.101. The molecule has 2 rings (SSSR count). The molecule has 0 spiro atoms. The van der Waals surface area contributed by atoms with Crippen molar-refractivity contribution >= 4 is 16.0 Å². The molecule has 0 bridgehead atoms. The van der Waals surface area contributed by atoms with E-state index in [0.717, 1.165) is 12.3 Å². The third kappa shape index (κ3) is 3.20. The van der Waals surface area contributed by atoms with Crippen LogP contribution in [0, 0.1) is 0 Å². The molecule has 3 N–H and O–H groups in total. The predicted molar refractivity (Wildman–Crippen MR) is 65.2 cm³/mol. The highest BCUT2D eigenvalue weighted by molar-refractivity contribution is 7.89. The first-order valence-electron chi connectivity index (χ1n) is 5.36. The number of aromatic carboxylic acids is 1. The summed E-state index contributed by atoms with van der Waals surface area (Å²) in [6.07, 6.45) is 6.03. The summed E-state index contributed by atoms with van der Waals surface area (Å²) in [4.78, 5) is 16.8. The van der Waals surface area contributed by atoms with E-state index in [1.54, 1.807) is 23.3 Å². The number of hydrogen-bond acceptors (Lipinski definition) is 4. The summed E-state index contributed by atoms with van der Waals surface area (Å²) in [6, 6.07) is 1.07. The number of hydrogen-bond donors (Lipinski definition) is 3. The van der Waals surface area contributed by atoms with Gasteiger partial charge in [0.05, 0.1) is 6.33 Å². The number of imidazole rings is 1. The first-order valence-corrected chi connectivity index (χ1v) is 6.84. The van der Waals surface area contributed by atoms with Crippen LogP contribution < -0.4 is 4.72 Å². The van der Waals surface area contributed by atoms with Crippen LogP contribution in [0.25, 0.3) is 0 Å². The van der Waals surface area contributed by atoms with Gasteiger partial charge in [-0.2, -0.15) is 0 Å². The molecule has 8 nitrogen and oxygen atoms in total. The second-order valence-electron chi connectivity index (χ2n) is 3.75. The standard InChI is InChI=1S/C10H12N4O4S/c15-10(16)9-5-8(6-12-9)19(17,18)13-2-4-14-3-1-11-7-14/h1,3,5-7,12-13H,2,4H2,(H,15,16). The van der Waals surface area contributed by atoms with Crippen LogP contribution >= 0.6 is 0 Å². The maximum atomic E-state index is 11.8. The molecule has 2 aromatic heterocycles. The van der Waals surface area contributed by atoms with Crippen LogP contribution in [-0.2, 0) is 16.6 Å². The smallest absolute Gasteiger partial charge is 0.352 e. The van der Waals surface area contributed by atoms with Crippen molar-refractivity contribution in [2.75, 3.05) is 6.54 Å². The second kappa shape index (κ2) is 5.24. The molecule has 0 aliphatic heterocycles. The number of sulfonamides is 1. The van der Waals surface area contributed by atoms with Crippen molar-refractivity contribution in [2.45, 2.75) is 11.4 Å². The number of H-pyrrole nitrogens is 1. The van der Waals surface area contributed by atoms with Gasteiger partial charge in [-0.05, 0) is 6.07 Å². The lowest BCUT2D eigenvalue weighted by atomic mass is 10.4. The zero-order valence-electron chi connectivity index (χ0n) is 9.78. The van der Waals surface area contributed by atoms with E-state index >= 15 is 0 Å². The van der Waals surface area contributed by atoms with Crippen molar-refractivity contribution in [1.82, 2.24) is 19.3 Å². The van der Waals surface area contributed by atoms with Gasteiger partial charge in [0.15, 0.2) is 0 Å². The van der Waals surface area contributed by atoms with Crippen LogP contribution in [0.2, 0.25) is 0 Å². The van der Waals surface area contributed by atoms with Crippen LogP contribution in [-0.4, -0.2) is 40.6 Å². The van der Waals surface area contributed by atoms with E-state index in [0.29, 0.717) is 6.54 Å². The van der Waals surface area contributed by atoms with Crippen LogP contribution in [0.4, 0.5) is 0 Å². The Bertz CT molecular complexity index is 660. The Labute approximate surface area is 109 Å². The number of carboxylic acids is 1. The topological polar surface area (TPSA) is 117 Å². The van der Waals surface area contributed by atoms with Crippen molar-refractivity contribution < 1.29 is 18.3 Å². The number of aromatic amines is 1. The van der Waals surface area contributed by atoms with E-state index in [9.17, 15) is 13.2 Å². The lowest BCUT2D eigenvalue weighted by molar-refractivity contribution is 0.0691. The number of aromatic nitrogens is 3. The van der Waals surface area contributed by atoms with Crippen molar-refractivity contribution in [2.24, 2.45) is 0 Å². The van der Waals surface area contributed by atoms with E-state index in [-0.39, 0.29) is 17.1 Å². The predicted octanol–water partition coefficient (Wildman–Crippen LogP) is -0.112. The summed E-state index contributed by atoms with van der Waals surface area (Å²) < 4.78 is 27.8. The molecule has 0 saturated heterocycles. The molecule has 0 atom stereocenters. The summed E-state index contributed by atoms with van der Waals surface area (Å²) >= 11 is 0.